The number of pyridine rings is 1. The van der Waals surface area contributed by atoms with E-state index in [2.05, 4.69) is 32.7 Å². The summed E-state index contributed by atoms with van der Waals surface area (Å²) >= 11 is 3.53. The lowest BCUT2D eigenvalue weighted by molar-refractivity contribution is 0.413. The van der Waals surface area contributed by atoms with Crippen molar-refractivity contribution in [3.05, 3.63) is 18.3 Å². The van der Waals surface area contributed by atoms with Gasteiger partial charge >= 0.3 is 0 Å². The maximum Gasteiger partial charge on any atom is 0.171 e. The maximum atomic E-state index is 5.26. The van der Waals surface area contributed by atoms with E-state index in [1.807, 2.05) is 19.2 Å². The van der Waals surface area contributed by atoms with Gasteiger partial charge < -0.3 is 9.64 Å². The van der Waals surface area contributed by atoms with Gasteiger partial charge in [0.15, 0.2) is 11.6 Å². The second kappa shape index (κ2) is 5.95. The van der Waals surface area contributed by atoms with Crippen LogP contribution in [0.15, 0.2) is 18.3 Å². The van der Waals surface area contributed by atoms with Crippen LogP contribution in [0.2, 0.25) is 0 Å². The highest BCUT2D eigenvalue weighted by Gasteiger charge is 2.09. The van der Waals surface area contributed by atoms with Crippen LogP contribution in [-0.4, -0.2) is 30.5 Å². The normalized spacial score (nSPS) is 12.3. The number of methoxy groups -OCH3 is 1. The first-order valence-electron chi connectivity index (χ1n) is 4.99. The molecule has 0 aromatic carbocycles. The Morgan fingerprint density at radius 3 is 2.93 bits per heavy atom. The second-order valence-electron chi connectivity index (χ2n) is 3.52. The summed E-state index contributed by atoms with van der Waals surface area (Å²) in [6, 6.07) is 3.81. The lowest BCUT2D eigenvalue weighted by Gasteiger charge is -2.20. The van der Waals surface area contributed by atoms with Crippen molar-refractivity contribution in [3.8, 4) is 5.75 Å². The van der Waals surface area contributed by atoms with Gasteiger partial charge in [0.05, 0.1) is 7.11 Å². The summed E-state index contributed by atoms with van der Waals surface area (Å²) < 4.78 is 5.26. The molecule has 0 radical (unpaired) electrons. The van der Waals surface area contributed by atoms with Gasteiger partial charge in [-0.25, -0.2) is 4.98 Å². The van der Waals surface area contributed by atoms with Crippen molar-refractivity contribution >= 4 is 21.7 Å². The number of alkyl halides is 1. The standard InChI is InChI=1S/C11H17BrN2O/c1-9(12)6-8-14(2)11-10(15-3)5-4-7-13-11/h4-5,7,9H,6,8H2,1-3H3. The smallest absolute Gasteiger partial charge is 0.171 e. The predicted molar refractivity (Wildman–Crippen MR) is 67.1 cm³/mol. The SMILES string of the molecule is COc1cccnc1N(C)CCC(C)Br. The number of anilines is 1. The van der Waals surface area contributed by atoms with Crippen LogP contribution in [-0.2, 0) is 0 Å². The summed E-state index contributed by atoms with van der Waals surface area (Å²) in [6.07, 6.45) is 2.86. The van der Waals surface area contributed by atoms with Gasteiger partial charge in [0.25, 0.3) is 0 Å². The van der Waals surface area contributed by atoms with Gasteiger partial charge in [0, 0.05) is 24.6 Å². The first-order chi connectivity index (χ1) is 7.15. The average Bonchev–Trinajstić information content (AvgIpc) is 2.25. The molecule has 0 N–H and O–H groups in total. The fourth-order valence-corrected chi connectivity index (χ4v) is 1.51. The molecule has 0 fully saturated rings. The molecule has 0 aliphatic carbocycles. The molecule has 0 saturated heterocycles. The molecule has 0 aliphatic heterocycles. The first-order valence-corrected chi connectivity index (χ1v) is 5.91. The molecule has 0 saturated carbocycles. The highest BCUT2D eigenvalue weighted by molar-refractivity contribution is 9.09. The van der Waals surface area contributed by atoms with Crippen molar-refractivity contribution < 1.29 is 4.74 Å². The third kappa shape index (κ3) is 3.70. The van der Waals surface area contributed by atoms with Gasteiger partial charge in [-0.15, -0.1) is 0 Å². The van der Waals surface area contributed by atoms with Crippen LogP contribution in [0.1, 0.15) is 13.3 Å². The molecule has 0 aliphatic rings. The first kappa shape index (κ1) is 12.3. The van der Waals surface area contributed by atoms with E-state index in [-0.39, 0.29) is 0 Å². The molecule has 0 bridgehead atoms. The lowest BCUT2D eigenvalue weighted by atomic mass is 10.3. The molecule has 1 heterocycles. The Labute approximate surface area is 99.6 Å². The molecule has 84 valence electrons. The average molecular weight is 273 g/mol. The zero-order valence-corrected chi connectivity index (χ0v) is 11.0. The van der Waals surface area contributed by atoms with Gasteiger partial charge in [0.1, 0.15) is 0 Å². The predicted octanol–water partition coefficient (Wildman–Crippen LogP) is 2.70. The van der Waals surface area contributed by atoms with Crippen LogP contribution in [0.25, 0.3) is 0 Å². The van der Waals surface area contributed by atoms with Crippen LogP contribution >= 0.6 is 15.9 Å². The van der Waals surface area contributed by atoms with Crippen molar-refractivity contribution in [2.75, 3.05) is 25.6 Å². The van der Waals surface area contributed by atoms with Gasteiger partial charge in [-0.2, -0.15) is 0 Å². The van der Waals surface area contributed by atoms with E-state index in [9.17, 15) is 0 Å². The summed E-state index contributed by atoms with van der Waals surface area (Å²) in [4.78, 5) is 6.94. The molecular formula is C11H17BrN2O. The Hall–Kier alpha value is -0.770. The zero-order chi connectivity index (χ0) is 11.3. The number of rotatable bonds is 5. The molecule has 0 amide bonds. The summed E-state index contributed by atoms with van der Waals surface area (Å²) in [5, 5.41) is 0. The third-order valence-electron chi connectivity index (χ3n) is 2.19. The number of hydrogen-bond acceptors (Lipinski definition) is 3. The third-order valence-corrected chi connectivity index (χ3v) is 2.65. The van der Waals surface area contributed by atoms with Crippen molar-refractivity contribution in [1.82, 2.24) is 4.98 Å². The number of nitrogens with zero attached hydrogens (tertiary/aromatic N) is 2. The second-order valence-corrected chi connectivity index (χ2v) is 5.08. The molecule has 3 nitrogen and oxygen atoms in total. The fraction of sp³-hybridized carbons (Fsp3) is 0.545. The van der Waals surface area contributed by atoms with E-state index in [0.29, 0.717) is 4.83 Å². The molecule has 1 aromatic rings. The summed E-state index contributed by atoms with van der Waals surface area (Å²) in [5.74, 6) is 1.72. The van der Waals surface area contributed by atoms with Crippen molar-refractivity contribution in [2.24, 2.45) is 0 Å². The van der Waals surface area contributed by atoms with Crippen LogP contribution in [0.4, 0.5) is 5.82 Å². The Morgan fingerprint density at radius 2 is 2.33 bits per heavy atom. The van der Waals surface area contributed by atoms with Gasteiger partial charge in [-0.05, 0) is 18.6 Å². The Bertz CT molecular complexity index is 304. The number of halogens is 1. The summed E-state index contributed by atoms with van der Waals surface area (Å²) in [7, 11) is 3.70. The van der Waals surface area contributed by atoms with E-state index in [4.69, 9.17) is 4.74 Å². The van der Waals surface area contributed by atoms with Crippen molar-refractivity contribution in [2.45, 2.75) is 18.2 Å². The topological polar surface area (TPSA) is 25.4 Å². The van der Waals surface area contributed by atoms with Crippen molar-refractivity contribution in [1.29, 1.82) is 0 Å². The van der Waals surface area contributed by atoms with E-state index < -0.39 is 0 Å². The minimum absolute atomic E-state index is 0.523. The molecule has 0 spiro atoms. The summed E-state index contributed by atoms with van der Waals surface area (Å²) in [6.45, 7) is 3.10. The maximum absolute atomic E-state index is 5.26. The highest BCUT2D eigenvalue weighted by Crippen LogP contribution is 2.23. The lowest BCUT2D eigenvalue weighted by Crippen LogP contribution is -2.22. The Balaban J connectivity index is 2.68. The Kier molecular flexibility index (Phi) is 4.88. The van der Waals surface area contributed by atoms with Crippen LogP contribution in [0.5, 0.6) is 5.75 Å². The Morgan fingerprint density at radius 1 is 1.60 bits per heavy atom. The fourth-order valence-electron chi connectivity index (χ4n) is 1.31. The van der Waals surface area contributed by atoms with E-state index in [0.717, 1.165) is 24.5 Å². The van der Waals surface area contributed by atoms with Crippen LogP contribution < -0.4 is 9.64 Å². The molecule has 1 atom stereocenters. The van der Waals surface area contributed by atoms with E-state index >= 15 is 0 Å². The quantitative estimate of drug-likeness (QED) is 0.771. The molecule has 15 heavy (non-hydrogen) atoms. The van der Waals surface area contributed by atoms with E-state index in [1.165, 1.54) is 0 Å². The monoisotopic (exact) mass is 272 g/mol. The van der Waals surface area contributed by atoms with Gasteiger partial charge in [0.2, 0.25) is 0 Å². The molecule has 1 rings (SSSR count). The number of ether oxygens (including phenoxy) is 1. The highest BCUT2D eigenvalue weighted by atomic mass is 79.9. The van der Waals surface area contributed by atoms with Crippen LogP contribution in [0.3, 0.4) is 0 Å². The molecular weight excluding hydrogens is 256 g/mol. The van der Waals surface area contributed by atoms with Gasteiger partial charge in [-0.3, -0.25) is 0 Å². The zero-order valence-electron chi connectivity index (χ0n) is 9.40. The van der Waals surface area contributed by atoms with Crippen LogP contribution in [0, 0.1) is 0 Å². The summed E-state index contributed by atoms with van der Waals surface area (Å²) in [5.41, 5.74) is 0. The minimum atomic E-state index is 0.523. The van der Waals surface area contributed by atoms with E-state index in [1.54, 1.807) is 13.3 Å². The van der Waals surface area contributed by atoms with Crippen molar-refractivity contribution in [3.63, 3.8) is 0 Å². The number of aromatic nitrogens is 1. The molecule has 1 aromatic heterocycles. The minimum Gasteiger partial charge on any atom is -0.493 e. The largest absolute Gasteiger partial charge is 0.493 e. The molecule has 1 unspecified atom stereocenters. The number of hydrogen-bond donors (Lipinski definition) is 0. The molecule has 4 heteroatoms. The van der Waals surface area contributed by atoms with Gasteiger partial charge in [-0.1, -0.05) is 22.9 Å².